The second-order valence-corrected chi connectivity index (χ2v) is 7.08. The predicted molar refractivity (Wildman–Crippen MR) is 75.5 cm³/mol. The van der Waals surface area contributed by atoms with E-state index in [1.807, 2.05) is 26.0 Å². The Morgan fingerprint density at radius 1 is 1.33 bits per heavy atom. The molecule has 2 rings (SSSR count). The molecule has 18 heavy (non-hydrogen) atoms. The Labute approximate surface area is 112 Å². The van der Waals surface area contributed by atoms with E-state index >= 15 is 0 Å². The Bertz CT molecular complexity index is 550. The third-order valence-corrected chi connectivity index (χ3v) is 5.46. The van der Waals surface area contributed by atoms with Crippen molar-refractivity contribution >= 4 is 27.0 Å². The molecule has 0 amide bonds. The molecular formula is C12H16N2O2S2. The number of aliphatic imine (C=N–C) groups is 1. The SMILES string of the molecule is CCSC1=NCCN1S(=O)(=O)c1ccc(C)cc1. The van der Waals surface area contributed by atoms with E-state index in [0.29, 0.717) is 23.2 Å². The van der Waals surface area contributed by atoms with Crippen LogP contribution in [-0.4, -0.2) is 36.7 Å². The van der Waals surface area contributed by atoms with Crippen LogP contribution in [0.25, 0.3) is 0 Å². The standard InChI is InChI=1S/C12H16N2O2S2/c1-3-17-12-13-8-9-14(12)18(15,16)11-6-4-10(2)5-7-11/h4-7H,3,8-9H2,1-2H3. The van der Waals surface area contributed by atoms with E-state index in [2.05, 4.69) is 4.99 Å². The Morgan fingerprint density at radius 2 is 2.00 bits per heavy atom. The lowest BCUT2D eigenvalue weighted by Gasteiger charge is -2.19. The van der Waals surface area contributed by atoms with Crippen molar-refractivity contribution in [2.75, 3.05) is 18.8 Å². The van der Waals surface area contributed by atoms with Crippen LogP contribution in [0, 0.1) is 6.92 Å². The molecule has 1 aromatic carbocycles. The van der Waals surface area contributed by atoms with Gasteiger partial charge in [0.1, 0.15) is 0 Å². The van der Waals surface area contributed by atoms with Crippen molar-refractivity contribution in [2.45, 2.75) is 18.7 Å². The van der Waals surface area contributed by atoms with Crippen LogP contribution in [-0.2, 0) is 10.0 Å². The summed E-state index contributed by atoms with van der Waals surface area (Å²) in [6, 6.07) is 6.92. The average Bonchev–Trinajstić information content (AvgIpc) is 2.79. The van der Waals surface area contributed by atoms with Gasteiger partial charge in [-0.3, -0.25) is 4.99 Å². The zero-order valence-corrected chi connectivity index (χ0v) is 12.1. The zero-order valence-electron chi connectivity index (χ0n) is 10.5. The quantitative estimate of drug-likeness (QED) is 0.854. The lowest BCUT2D eigenvalue weighted by molar-refractivity contribution is 0.540. The number of hydrogen-bond donors (Lipinski definition) is 0. The smallest absolute Gasteiger partial charge is 0.260 e. The minimum absolute atomic E-state index is 0.333. The van der Waals surface area contributed by atoms with Crippen molar-refractivity contribution in [2.24, 2.45) is 4.99 Å². The highest BCUT2D eigenvalue weighted by molar-refractivity contribution is 8.14. The van der Waals surface area contributed by atoms with Crippen molar-refractivity contribution in [1.29, 1.82) is 0 Å². The van der Waals surface area contributed by atoms with Crippen molar-refractivity contribution in [3.63, 3.8) is 0 Å². The van der Waals surface area contributed by atoms with Gasteiger partial charge in [0.15, 0.2) is 5.17 Å². The average molecular weight is 284 g/mol. The fraction of sp³-hybridized carbons (Fsp3) is 0.417. The summed E-state index contributed by atoms with van der Waals surface area (Å²) in [5.41, 5.74) is 1.05. The minimum atomic E-state index is -3.45. The molecule has 0 aromatic heterocycles. The van der Waals surface area contributed by atoms with E-state index < -0.39 is 10.0 Å². The molecule has 98 valence electrons. The molecule has 6 heteroatoms. The molecule has 0 atom stereocenters. The molecule has 0 saturated carbocycles. The largest absolute Gasteiger partial charge is 0.265 e. The molecule has 1 aromatic rings. The second-order valence-electron chi connectivity index (χ2n) is 3.99. The van der Waals surface area contributed by atoms with Crippen molar-refractivity contribution < 1.29 is 8.42 Å². The van der Waals surface area contributed by atoms with Crippen LogP contribution in [0.15, 0.2) is 34.2 Å². The van der Waals surface area contributed by atoms with Gasteiger partial charge in [0.2, 0.25) is 0 Å². The highest BCUT2D eigenvalue weighted by atomic mass is 32.2. The third kappa shape index (κ3) is 2.54. The molecule has 1 aliphatic heterocycles. The molecule has 0 radical (unpaired) electrons. The fourth-order valence-corrected chi connectivity index (χ4v) is 4.17. The van der Waals surface area contributed by atoms with Gasteiger partial charge in [0.05, 0.1) is 18.0 Å². The van der Waals surface area contributed by atoms with Gasteiger partial charge in [-0.1, -0.05) is 36.4 Å². The molecule has 0 bridgehead atoms. The molecule has 1 aliphatic rings. The summed E-state index contributed by atoms with van der Waals surface area (Å²) in [6.45, 7) is 4.92. The lowest BCUT2D eigenvalue weighted by atomic mass is 10.2. The van der Waals surface area contributed by atoms with E-state index in [-0.39, 0.29) is 0 Å². The number of nitrogens with zero attached hydrogens (tertiary/aromatic N) is 2. The van der Waals surface area contributed by atoms with Gasteiger partial charge in [0.25, 0.3) is 10.0 Å². The molecule has 0 unspecified atom stereocenters. The van der Waals surface area contributed by atoms with Gasteiger partial charge in [-0.15, -0.1) is 0 Å². The summed E-state index contributed by atoms with van der Waals surface area (Å²) in [6.07, 6.45) is 0. The first kappa shape index (κ1) is 13.4. The van der Waals surface area contributed by atoms with Crippen LogP contribution in [0.4, 0.5) is 0 Å². The normalized spacial score (nSPS) is 15.9. The monoisotopic (exact) mass is 284 g/mol. The topological polar surface area (TPSA) is 49.7 Å². The molecule has 0 N–H and O–H groups in total. The molecule has 0 spiro atoms. The first-order valence-corrected chi connectivity index (χ1v) is 8.25. The summed E-state index contributed by atoms with van der Waals surface area (Å²) < 4.78 is 26.3. The van der Waals surface area contributed by atoms with Crippen LogP contribution < -0.4 is 0 Å². The van der Waals surface area contributed by atoms with Crippen molar-refractivity contribution in [3.05, 3.63) is 29.8 Å². The Morgan fingerprint density at radius 3 is 2.61 bits per heavy atom. The Balaban J connectivity index is 2.31. The first-order chi connectivity index (χ1) is 8.55. The summed E-state index contributed by atoms with van der Waals surface area (Å²) in [7, 11) is -3.45. The van der Waals surface area contributed by atoms with Gasteiger partial charge < -0.3 is 0 Å². The number of benzene rings is 1. The maximum Gasteiger partial charge on any atom is 0.265 e. The van der Waals surface area contributed by atoms with Crippen LogP contribution in [0.3, 0.4) is 0 Å². The maximum absolute atomic E-state index is 12.5. The van der Waals surface area contributed by atoms with E-state index in [1.54, 1.807) is 12.1 Å². The van der Waals surface area contributed by atoms with Crippen LogP contribution >= 0.6 is 11.8 Å². The van der Waals surface area contributed by atoms with Gasteiger partial charge in [0, 0.05) is 0 Å². The zero-order chi connectivity index (χ0) is 13.2. The van der Waals surface area contributed by atoms with Crippen molar-refractivity contribution in [3.8, 4) is 0 Å². The van der Waals surface area contributed by atoms with E-state index in [9.17, 15) is 8.42 Å². The van der Waals surface area contributed by atoms with Gasteiger partial charge in [-0.2, -0.15) is 0 Å². The Hall–Kier alpha value is -1.01. The summed E-state index contributed by atoms with van der Waals surface area (Å²) in [5, 5.41) is 0.609. The fourth-order valence-electron chi connectivity index (χ4n) is 1.72. The highest BCUT2D eigenvalue weighted by Gasteiger charge is 2.30. The number of aryl methyl sites for hydroxylation is 1. The predicted octanol–water partition coefficient (Wildman–Crippen LogP) is 2.11. The lowest BCUT2D eigenvalue weighted by Crippen LogP contribution is -2.32. The molecule has 4 nitrogen and oxygen atoms in total. The molecular weight excluding hydrogens is 268 g/mol. The molecule has 1 heterocycles. The summed E-state index contributed by atoms with van der Waals surface area (Å²) in [4.78, 5) is 4.58. The maximum atomic E-state index is 12.5. The van der Waals surface area contributed by atoms with Crippen molar-refractivity contribution in [1.82, 2.24) is 4.31 Å². The molecule has 0 fully saturated rings. The number of rotatable bonds is 3. The van der Waals surface area contributed by atoms with Gasteiger partial charge in [-0.05, 0) is 24.8 Å². The third-order valence-electron chi connectivity index (χ3n) is 2.65. The van der Waals surface area contributed by atoms with E-state index in [0.717, 1.165) is 11.3 Å². The number of hydrogen-bond acceptors (Lipinski definition) is 4. The highest BCUT2D eigenvalue weighted by Crippen LogP contribution is 2.23. The van der Waals surface area contributed by atoms with Crippen LogP contribution in [0.1, 0.15) is 12.5 Å². The summed E-state index contributed by atoms with van der Waals surface area (Å²) >= 11 is 1.47. The number of sulfonamides is 1. The van der Waals surface area contributed by atoms with Gasteiger partial charge >= 0.3 is 0 Å². The summed E-state index contributed by atoms with van der Waals surface area (Å²) in [5.74, 6) is 0.818. The Kier molecular flexibility index (Phi) is 3.97. The van der Waals surface area contributed by atoms with E-state index in [4.69, 9.17) is 0 Å². The molecule has 0 saturated heterocycles. The second kappa shape index (κ2) is 5.32. The number of thioether (sulfide) groups is 1. The first-order valence-electron chi connectivity index (χ1n) is 5.82. The van der Waals surface area contributed by atoms with E-state index in [1.165, 1.54) is 16.1 Å². The van der Waals surface area contributed by atoms with Crippen LogP contribution in [0.2, 0.25) is 0 Å². The minimum Gasteiger partial charge on any atom is -0.260 e. The molecule has 0 aliphatic carbocycles. The number of amidine groups is 1. The van der Waals surface area contributed by atoms with Gasteiger partial charge in [-0.25, -0.2) is 12.7 Å². The van der Waals surface area contributed by atoms with Crippen LogP contribution in [0.5, 0.6) is 0 Å².